The summed E-state index contributed by atoms with van der Waals surface area (Å²) in [7, 11) is 0. The minimum Gasteiger partial charge on any atom is -0.458 e. The molecular weight excluding hydrogens is 326 g/mol. The summed E-state index contributed by atoms with van der Waals surface area (Å²) < 4.78 is 10.7. The van der Waals surface area contributed by atoms with Gasteiger partial charge in [-0.3, -0.25) is 4.90 Å². The van der Waals surface area contributed by atoms with Gasteiger partial charge in [0, 0.05) is 11.4 Å². The van der Waals surface area contributed by atoms with E-state index in [1.54, 1.807) is 20.8 Å². The van der Waals surface area contributed by atoms with Gasteiger partial charge in [-0.25, -0.2) is 9.59 Å². The van der Waals surface area contributed by atoms with Crippen molar-refractivity contribution in [2.45, 2.75) is 70.0 Å². The molecule has 0 spiro atoms. The molecule has 6 heteroatoms. The lowest BCUT2D eigenvalue weighted by Gasteiger charge is -2.29. The quantitative estimate of drug-likeness (QED) is 0.539. The monoisotopic (exact) mass is 349 g/mol. The Balaban J connectivity index is 2.78. The Bertz CT molecular complexity index is 348. The van der Waals surface area contributed by atoms with Crippen molar-refractivity contribution in [2.24, 2.45) is 0 Å². The Kier molecular flexibility index (Phi) is 5.11. The minimum atomic E-state index is -0.589. The van der Waals surface area contributed by atoms with Crippen molar-refractivity contribution in [3.63, 3.8) is 0 Å². The van der Waals surface area contributed by atoms with Crippen LogP contribution in [-0.2, 0) is 14.3 Å². The van der Waals surface area contributed by atoms with Crippen LogP contribution in [0, 0.1) is 0 Å². The van der Waals surface area contributed by atoms with E-state index in [-0.39, 0.29) is 10.8 Å². The highest BCUT2D eigenvalue weighted by Gasteiger charge is 2.42. The van der Waals surface area contributed by atoms with Crippen molar-refractivity contribution < 1.29 is 19.1 Å². The summed E-state index contributed by atoms with van der Waals surface area (Å²) in [4.78, 5) is 25.9. The number of esters is 1. The lowest BCUT2D eigenvalue weighted by Crippen LogP contribution is -2.45. The molecule has 0 aromatic rings. The van der Waals surface area contributed by atoms with Crippen LogP contribution in [0.1, 0.15) is 48.0 Å². The Morgan fingerprint density at radius 3 is 2.00 bits per heavy atom. The normalized spacial score (nSPS) is 23.6. The first-order valence-electron chi connectivity index (χ1n) is 6.75. The zero-order valence-corrected chi connectivity index (χ0v) is 14.6. The molecule has 1 rings (SSSR count). The van der Waals surface area contributed by atoms with Gasteiger partial charge in [-0.05, 0) is 48.0 Å². The number of likely N-dealkylation sites (tertiary alicyclic amines) is 1. The maximum Gasteiger partial charge on any atom is 0.411 e. The Labute approximate surface area is 129 Å². The molecule has 1 heterocycles. The second-order valence-electron chi connectivity index (χ2n) is 7.01. The first-order chi connectivity index (χ1) is 8.89. The minimum absolute atomic E-state index is 0.0764. The molecule has 5 nitrogen and oxygen atoms in total. The number of halogens is 1. The molecule has 1 fully saturated rings. The molecule has 2 unspecified atom stereocenters. The van der Waals surface area contributed by atoms with E-state index < -0.39 is 23.3 Å². The molecule has 0 aromatic carbocycles. The van der Waals surface area contributed by atoms with Gasteiger partial charge in [0.15, 0.2) is 0 Å². The summed E-state index contributed by atoms with van der Waals surface area (Å²) >= 11 is 3.46. The van der Waals surface area contributed by atoms with Crippen LogP contribution in [0.2, 0.25) is 0 Å². The van der Waals surface area contributed by atoms with Crippen LogP contribution in [0.15, 0.2) is 0 Å². The molecule has 0 N–H and O–H groups in total. The topological polar surface area (TPSA) is 55.8 Å². The number of alkyl halides is 1. The number of nitrogens with zero attached hydrogens (tertiary/aromatic N) is 1. The largest absolute Gasteiger partial charge is 0.458 e. The second-order valence-corrected chi connectivity index (χ2v) is 8.31. The van der Waals surface area contributed by atoms with Gasteiger partial charge in [0.25, 0.3) is 0 Å². The van der Waals surface area contributed by atoms with E-state index in [0.717, 1.165) is 0 Å². The molecule has 0 aliphatic carbocycles. The predicted molar refractivity (Wildman–Crippen MR) is 79.9 cm³/mol. The van der Waals surface area contributed by atoms with E-state index in [1.165, 1.54) is 4.90 Å². The average molecular weight is 350 g/mol. The standard InChI is InChI=1S/C14H24BrNO4/c1-13(2,3)19-11(17)10-7-9(15)8-16(10)12(18)20-14(4,5)6/h9-10H,7-8H2,1-6H3. The molecule has 0 bridgehead atoms. The molecule has 1 aliphatic rings. The van der Waals surface area contributed by atoms with Gasteiger partial charge >= 0.3 is 12.1 Å². The molecule has 0 aromatic heterocycles. The lowest BCUT2D eigenvalue weighted by molar-refractivity contribution is -0.160. The van der Waals surface area contributed by atoms with Crippen molar-refractivity contribution >= 4 is 28.0 Å². The SMILES string of the molecule is CC(C)(C)OC(=O)C1CC(Br)CN1C(=O)OC(C)(C)C. The molecule has 20 heavy (non-hydrogen) atoms. The highest BCUT2D eigenvalue weighted by molar-refractivity contribution is 9.09. The summed E-state index contributed by atoms with van der Waals surface area (Å²) in [5.41, 5.74) is -1.15. The number of rotatable bonds is 1. The van der Waals surface area contributed by atoms with Crippen LogP contribution in [0.25, 0.3) is 0 Å². The van der Waals surface area contributed by atoms with Gasteiger partial charge in [0.1, 0.15) is 17.2 Å². The summed E-state index contributed by atoms with van der Waals surface area (Å²) in [6.07, 6.45) is 0.0593. The average Bonchev–Trinajstić information content (AvgIpc) is 2.55. The smallest absolute Gasteiger partial charge is 0.411 e. The maximum absolute atomic E-state index is 12.2. The number of hydrogen-bond donors (Lipinski definition) is 0. The van der Waals surface area contributed by atoms with E-state index >= 15 is 0 Å². The summed E-state index contributed by atoms with van der Waals surface area (Å²) in [5.74, 6) is -0.384. The fourth-order valence-corrected chi connectivity index (χ4v) is 2.57. The van der Waals surface area contributed by atoms with Gasteiger partial charge < -0.3 is 9.47 Å². The van der Waals surface area contributed by atoms with Crippen molar-refractivity contribution in [3.05, 3.63) is 0 Å². The third kappa shape index (κ3) is 5.31. The first-order valence-corrected chi connectivity index (χ1v) is 7.67. The molecule has 1 aliphatic heterocycles. The van der Waals surface area contributed by atoms with Crippen molar-refractivity contribution in [2.75, 3.05) is 6.54 Å². The van der Waals surface area contributed by atoms with Gasteiger partial charge in [-0.2, -0.15) is 0 Å². The number of amides is 1. The third-order valence-electron chi connectivity index (χ3n) is 2.56. The van der Waals surface area contributed by atoms with E-state index in [0.29, 0.717) is 13.0 Å². The number of ether oxygens (including phenoxy) is 2. The first kappa shape index (κ1) is 17.3. The van der Waals surface area contributed by atoms with Crippen LogP contribution < -0.4 is 0 Å². The van der Waals surface area contributed by atoms with Crippen LogP contribution in [-0.4, -0.2) is 45.6 Å². The number of carbonyl (C=O) groups is 2. The molecule has 1 amide bonds. The van der Waals surface area contributed by atoms with Crippen molar-refractivity contribution in [3.8, 4) is 0 Å². The van der Waals surface area contributed by atoms with Gasteiger partial charge in [0.2, 0.25) is 0 Å². The Hall–Kier alpha value is -0.780. The molecule has 116 valence electrons. The molecule has 1 saturated heterocycles. The van der Waals surface area contributed by atoms with Crippen LogP contribution in [0.3, 0.4) is 0 Å². The van der Waals surface area contributed by atoms with Crippen LogP contribution in [0.5, 0.6) is 0 Å². The second kappa shape index (κ2) is 5.92. The van der Waals surface area contributed by atoms with Crippen LogP contribution >= 0.6 is 15.9 Å². The molecule has 2 atom stereocenters. The lowest BCUT2D eigenvalue weighted by atomic mass is 10.1. The fraction of sp³-hybridized carbons (Fsp3) is 0.857. The zero-order chi connectivity index (χ0) is 15.7. The van der Waals surface area contributed by atoms with E-state index in [9.17, 15) is 9.59 Å². The van der Waals surface area contributed by atoms with E-state index in [4.69, 9.17) is 9.47 Å². The Morgan fingerprint density at radius 1 is 1.05 bits per heavy atom. The number of hydrogen-bond acceptors (Lipinski definition) is 4. The van der Waals surface area contributed by atoms with Crippen molar-refractivity contribution in [1.29, 1.82) is 0 Å². The fourth-order valence-electron chi connectivity index (χ4n) is 1.90. The van der Waals surface area contributed by atoms with Crippen molar-refractivity contribution in [1.82, 2.24) is 4.90 Å². The summed E-state index contributed by atoms with van der Waals surface area (Å²) in [5, 5.41) is 0. The van der Waals surface area contributed by atoms with Gasteiger partial charge in [-0.15, -0.1) is 0 Å². The van der Waals surface area contributed by atoms with Gasteiger partial charge in [0.05, 0.1) is 0 Å². The van der Waals surface area contributed by atoms with E-state index in [1.807, 2.05) is 20.8 Å². The summed E-state index contributed by atoms with van der Waals surface area (Å²) in [6, 6.07) is -0.589. The molecule has 0 saturated carbocycles. The molecular formula is C14H24BrNO4. The highest BCUT2D eigenvalue weighted by Crippen LogP contribution is 2.27. The summed E-state index contributed by atoms with van der Waals surface area (Å²) in [6.45, 7) is 11.3. The highest BCUT2D eigenvalue weighted by atomic mass is 79.9. The molecule has 0 radical (unpaired) electrons. The van der Waals surface area contributed by atoms with Gasteiger partial charge in [-0.1, -0.05) is 15.9 Å². The van der Waals surface area contributed by atoms with E-state index in [2.05, 4.69) is 15.9 Å². The maximum atomic E-state index is 12.2. The number of carbonyl (C=O) groups excluding carboxylic acids is 2. The van der Waals surface area contributed by atoms with Crippen LogP contribution in [0.4, 0.5) is 4.79 Å². The Morgan fingerprint density at radius 2 is 1.55 bits per heavy atom. The third-order valence-corrected chi connectivity index (χ3v) is 3.22. The zero-order valence-electron chi connectivity index (χ0n) is 13.0. The predicted octanol–water partition coefficient (Wildman–Crippen LogP) is 3.10.